The Labute approximate surface area is 161 Å². The Morgan fingerprint density at radius 3 is 1.43 bits per heavy atom. The van der Waals surface area contributed by atoms with Gasteiger partial charge in [-0.15, -0.1) is 0 Å². The first-order valence-electron chi connectivity index (χ1n) is 6.65. The fourth-order valence-corrected chi connectivity index (χ4v) is 12.4. The first-order valence-corrected chi connectivity index (χ1v) is 16.2. The maximum atomic E-state index is 6.65. The summed E-state index contributed by atoms with van der Waals surface area (Å²) in [5.74, 6) is 0. The first kappa shape index (κ1) is 22.3. The molecule has 0 aromatic rings. The molecule has 0 saturated heterocycles. The van der Waals surface area contributed by atoms with E-state index >= 15 is 0 Å². The van der Waals surface area contributed by atoms with Crippen molar-refractivity contribution in [3.8, 4) is 0 Å². The van der Waals surface area contributed by atoms with E-state index in [2.05, 4.69) is 50.5 Å². The van der Waals surface area contributed by atoms with Crippen molar-refractivity contribution in [2.45, 2.75) is 39.0 Å². The monoisotopic (exact) mass is 432 g/mol. The van der Waals surface area contributed by atoms with Crippen LogP contribution in [0.5, 0.6) is 0 Å². The molecule has 0 bridgehead atoms. The Hall–Kier alpha value is 1.27. The van der Waals surface area contributed by atoms with Gasteiger partial charge in [-0.3, -0.25) is 0 Å². The minimum absolute atomic E-state index is 0. The maximum Gasteiger partial charge on any atom is -1.00 e. The summed E-state index contributed by atoms with van der Waals surface area (Å²) in [6.45, 7) is 8.92. The second-order valence-electron chi connectivity index (χ2n) is 6.07. The van der Waals surface area contributed by atoms with E-state index in [1.165, 1.54) is 10.4 Å². The standard InChI is InChI=1S/2C7H10ClSi.2ClH.Ti/c2*1-9(2,8)7-5-3-4-6-7;;;/h2*3,5H,4H2,1-2H3;2*1H;/q;;;;+2/p-2. The molecule has 0 N–H and O–H groups in total. The van der Waals surface area contributed by atoms with Crippen molar-refractivity contribution < 1.29 is 44.0 Å². The van der Waals surface area contributed by atoms with Crippen LogP contribution in [0, 0.1) is 0 Å². The molecule has 0 nitrogen and oxygen atoms in total. The van der Waals surface area contributed by atoms with E-state index in [1.807, 2.05) is 0 Å². The van der Waals surface area contributed by atoms with Crippen molar-refractivity contribution in [3.63, 3.8) is 0 Å². The van der Waals surface area contributed by atoms with Crippen molar-refractivity contribution in [2.75, 3.05) is 0 Å². The van der Waals surface area contributed by atoms with Crippen LogP contribution in [0.1, 0.15) is 12.8 Å². The average Bonchev–Trinajstić information content (AvgIpc) is 2.83. The Morgan fingerprint density at radius 1 is 0.810 bits per heavy atom. The number of hydrogen-bond donors (Lipinski definition) is 0. The molecule has 0 atom stereocenters. The summed E-state index contributed by atoms with van der Waals surface area (Å²) in [6.07, 6.45) is 11.4. The van der Waals surface area contributed by atoms with Gasteiger partial charge < -0.3 is 24.8 Å². The summed E-state index contributed by atoms with van der Waals surface area (Å²) in [7, 11) is -3.39. The average molecular weight is 434 g/mol. The van der Waals surface area contributed by atoms with Crippen LogP contribution in [0.15, 0.2) is 42.5 Å². The molecule has 2 aliphatic rings. The molecule has 0 aromatic heterocycles. The SMILES string of the molecule is C[Si](C)(Cl)C1=[C]([Ti+2][C]2=C([Si](C)(C)Cl)C=CC2)CC=C1.[Cl-].[Cl-]. The van der Waals surface area contributed by atoms with Gasteiger partial charge >= 0.3 is 138 Å². The van der Waals surface area contributed by atoms with Gasteiger partial charge in [0.15, 0.2) is 0 Å². The number of rotatable bonds is 4. The summed E-state index contributed by atoms with van der Waals surface area (Å²) in [5, 5.41) is 2.98. The smallest absolute Gasteiger partial charge is 1.00 e. The van der Waals surface area contributed by atoms with Crippen LogP contribution in [0.25, 0.3) is 0 Å². The minimum atomic E-state index is -1.70. The van der Waals surface area contributed by atoms with E-state index < -0.39 is 14.8 Å². The van der Waals surface area contributed by atoms with E-state index in [-0.39, 0.29) is 44.0 Å². The summed E-state index contributed by atoms with van der Waals surface area (Å²) in [6, 6.07) is 0. The maximum absolute atomic E-state index is 6.65. The Bertz CT molecular complexity index is 462. The topological polar surface area (TPSA) is 0 Å². The summed E-state index contributed by atoms with van der Waals surface area (Å²) < 4.78 is 3.30. The van der Waals surface area contributed by atoms with Gasteiger partial charge in [-0.2, -0.15) is 0 Å². The van der Waals surface area contributed by atoms with Crippen molar-refractivity contribution >= 4 is 36.9 Å². The van der Waals surface area contributed by atoms with Crippen LogP contribution in [0.3, 0.4) is 0 Å². The van der Waals surface area contributed by atoms with Crippen LogP contribution in [-0.2, 0) is 19.2 Å². The second kappa shape index (κ2) is 8.39. The van der Waals surface area contributed by atoms with Gasteiger partial charge in [0.1, 0.15) is 0 Å². The van der Waals surface area contributed by atoms with E-state index in [1.54, 1.807) is 7.76 Å². The van der Waals surface area contributed by atoms with Gasteiger partial charge in [0.05, 0.1) is 0 Å². The number of allylic oxidation sites excluding steroid dienone is 8. The molecular weight excluding hydrogens is 414 g/mol. The van der Waals surface area contributed by atoms with Gasteiger partial charge in [-0.1, -0.05) is 0 Å². The largest absolute Gasteiger partial charge is 1.00 e. The number of halogens is 4. The van der Waals surface area contributed by atoms with Crippen molar-refractivity contribution in [1.82, 2.24) is 0 Å². The van der Waals surface area contributed by atoms with E-state index in [9.17, 15) is 0 Å². The van der Waals surface area contributed by atoms with Gasteiger partial charge in [0, 0.05) is 0 Å². The number of hydrogen-bond acceptors (Lipinski definition) is 0. The van der Waals surface area contributed by atoms with E-state index in [0.717, 1.165) is 12.8 Å². The van der Waals surface area contributed by atoms with Crippen molar-refractivity contribution in [3.05, 3.63) is 42.5 Å². The zero-order valence-electron chi connectivity index (χ0n) is 12.7. The molecule has 0 radical (unpaired) electrons. The molecule has 0 spiro atoms. The summed E-state index contributed by atoms with van der Waals surface area (Å²) in [5.41, 5.74) is 0. The zero-order valence-corrected chi connectivity index (χ0v) is 19.3. The molecule has 0 fully saturated rings. The predicted octanol–water partition coefficient (Wildman–Crippen LogP) is -0.529. The summed E-state index contributed by atoms with van der Waals surface area (Å²) >= 11 is 13.1. The van der Waals surface area contributed by atoms with Crippen LogP contribution in [-0.4, -0.2) is 14.8 Å². The fraction of sp³-hybridized carbons (Fsp3) is 0.429. The molecule has 0 amide bonds. The van der Waals surface area contributed by atoms with E-state index in [4.69, 9.17) is 22.2 Å². The van der Waals surface area contributed by atoms with Gasteiger partial charge in [-0.05, 0) is 0 Å². The third kappa shape index (κ3) is 5.68. The minimum Gasteiger partial charge on any atom is -1.00 e. The molecule has 7 heteroatoms. The quantitative estimate of drug-likeness (QED) is 0.413. The van der Waals surface area contributed by atoms with E-state index in [0.29, 0.717) is 0 Å². The molecule has 2 rings (SSSR count). The van der Waals surface area contributed by atoms with Crippen LogP contribution in [0.2, 0.25) is 26.2 Å². The van der Waals surface area contributed by atoms with Crippen LogP contribution >= 0.6 is 22.2 Å². The third-order valence-electron chi connectivity index (χ3n) is 3.45. The molecule has 21 heavy (non-hydrogen) atoms. The Kier molecular flexibility index (Phi) is 8.90. The normalized spacial score (nSPS) is 17.8. The third-order valence-corrected chi connectivity index (χ3v) is 11.4. The molecule has 0 heterocycles. The van der Waals surface area contributed by atoms with Gasteiger partial charge in [0.25, 0.3) is 0 Å². The van der Waals surface area contributed by atoms with Gasteiger partial charge in [0.2, 0.25) is 0 Å². The molecule has 0 unspecified atom stereocenters. The fourth-order valence-electron chi connectivity index (χ4n) is 2.54. The molecule has 0 saturated carbocycles. The Balaban J connectivity index is 0.00000200. The van der Waals surface area contributed by atoms with Crippen molar-refractivity contribution in [2.24, 2.45) is 0 Å². The molecule has 116 valence electrons. The van der Waals surface area contributed by atoms with Gasteiger partial charge in [-0.25, -0.2) is 0 Å². The molecule has 2 aliphatic carbocycles. The van der Waals surface area contributed by atoms with Crippen LogP contribution < -0.4 is 24.8 Å². The van der Waals surface area contributed by atoms with Crippen LogP contribution in [0.4, 0.5) is 0 Å². The second-order valence-corrected chi connectivity index (χ2v) is 21.0. The predicted molar refractivity (Wildman–Crippen MR) is 88.2 cm³/mol. The van der Waals surface area contributed by atoms with Crippen molar-refractivity contribution in [1.29, 1.82) is 0 Å². The summed E-state index contributed by atoms with van der Waals surface area (Å²) in [4.78, 5) is 0. The molecular formula is C14H20Cl4Si2Ti. The first-order chi connectivity index (χ1) is 8.69. The molecule has 0 aromatic carbocycles. The Morgan fingerprint density at radius 2 is 1.14 bits per heavy atom. The zero-order chi connectivity index (χ0) is 14.3. The molecule has 0 aliphatic heterocycles.